The van der Waals surface area contributed by atoms with Crippen LogP contribution in [-0.4, -0.2) is 47.3 Å². The van der Waals surface area contributed by atoms with Crippen LogP contribution in [0.2, 0.25) is 0 Å². The Kier molecular flexibility index (Phi) is 4.07. The number of pyridine rings is 1. The van der Waals surface area contributed by atoms with Crippen LogP contribution >= 0.6 is 0 Å². The minimum Gasteiger partial charge on any atom is -0.466 e. The van der Waals surface area contributed by atoms with Gasteiger partial charge in [0.1, 0.15) is 0 Å². The monoisotopic (exact) mass is 248 g/mol. The lowest BCUT2D eigenvalue weighted by molar-refractivity contribution is -0.136. The van der Waals surface area contributed by atoms with Crippen LogP contribution in [0.25, 0.3) is 0 Å². The van der Waals surface area contributed by atoms with Crippen molar-refractivity contribution in [2.24, 2.45) is 0 Å². The van der Waals surface area contributed by atoms with Crippen LogP contribution in [0.15, 0.2) is 36.2 Å². The zero-order chi connectivity index (χ0) is 13.0. The van der Waals surface area contributed by atoms with Gasteiger partial charge < -0.3 is 9.84 Å². The van der Waals surface area contributed by atoms with Gasteiger partial charge in [0.15, 0.2) is 0 Å². The molecule has 2 heterocycles. The average Bonchev–Trinajstić information content (AvgIpc) is 2.38. The van der Waals surface area contributed by atoms with Crippen molar-refractivity contribution in [1.29, 1.82) is 0 Å². The quantitative estimate of drug-likeness (QED) is 0.782. The second-order valence-corrected chi connectivity index (χ2v) is 4.28. The van der Waals surface area contributed by atoms with E-state index in [4.69, 9.17) is 0 Å². The molecule has 18 heavy (non-hydrogen) atoms. The Labute approximate surface area is 106 Å². The number of hydrogen-bond acceptors (Lipinski definition) is 5. The maximum absolute atomic E-state index is 11.5. The minimum absolute atomic E-state index is 0.381. The molecule has 5 heteroatoms. The highest BCUT2D eigenvalue weighted by atomic mass is 16.5. The first-order chi connectivity index (χ1) is 8.69. The Hall–Kier alpha value is -1.72. The molecule has 96 valence electrons. The molecule has 1 aromatic heterocycles. The number of β-amino-alcohol motifs (C(OH)–C–C–N with tert-alkyl or cyclic N) is 1. The molecule has 2 rings (SSSR count). The first-order valence-electron chi connectivity index (χ1n) is 5.77. The average molecular weight is 248 g/mol. The van der Waals surface area contributed by atoms with E-state index in [1.165, 1.54) is 7.11 Å². The predicted molar refractivity (Wildman–Crippen MR) is 65.6 cm³/mol. The molecular formula is C13H16N2O3. The summed E-state index contributed by atoms with van der Waals surface area (Å²) >= 11 is 0. The maximum Gasteiger partial charge on any atom is 0.334 e. The number of carbonyl (C=O) groups excluding carboxylic acids is 1. The Morgan fingerprint density at radius 2 is 2.28 bits per heavy atom. The highest BCUT2D eigenvalue weighted by Crippen LogP contribution is 2.14. The SMILES string of the molecule is COC(=O)C1=CC(O)CN(Cc2ccncc2)C1. The summed E-state index contributed by atoms with van der Waals surface area (Å²) < 4.78 is 4.68. The van der Waals surface area contributed by atoms with Gasteiger partial charge in [-0.1, -0.05) is 0 Å². The lowest BCUT2D eigenvalue weighted by Crippen LogP contribution is -2.38. The second-order valence-electron chi connectivity index (χ2n) is 4.28. The fraction of sp³-hybridized carbons (Fsp3) is 0.385. The third kappa shape index (κ3) is 3.15. The molecule has 0 aliphatic carbocycles. The third-order valence-corrected chi connectivity index (χ3v) is 2.84. The van der Waals surface area contributed by atoms with Gasteiger partial charge in [0, 0.05) is 37.6 Å². The summed E-state index contributed by atoms with van der Waals surface area (Å²) in [6.07, 6.45) is 4.39. The molecule has 1 aromatic rings. The van der Waals surface area contributed by atoms with Crippen LogP contribution in [0.5, 0.6) is 0 Å². The minimum atomic E-state index is -0.630. The summed E-state index contributed by atoms with van der Waals surface area (Å²) in [4.78, 5) is 17.4. The highest BCUT2D eigenvalue weighted by Gasteiger charge is 2.23. The third-order valence-electron chi connectivity index (χ3n) is 2.84. The number of aliphatic hydroxyl groups excluding tert-OH is 1. The van der Waals surface area contributed by atoms with E-state index >= 15 is 0 Å². The lowest BCUT2D eigenvalue weighted by Gasteiger charge is -2.29. The summed E-state index contributed by atoms with van der Waals surface area (Å²) in [5, 5.41) is 9.73. The molecule has 0 aromatic carbocycles. The van der Waals surface area contributed by atoms with E-state index in [0.717, 1.165) is 5.56 Å². The van der Waals surface area contributed by atoms with Crippen LogP contribution in [0.1, 0.15) is 5.56 Å². The van der Waals surface area contributed by atoms with E-state index in [-0.39, 0.29) is 5.97 Å². The molecule has 1 aliphatic rings. The number of ether oxygens (including phenoxy) is 1. The van der Waals surface area contributed by atoms with E-state index < -0.39 is 6.10 Å². The Balaban J connectivity index is 2.04. The second kappa shape index (κ2) is 5.75. The van der Waals surface area contributed by atoms with E-state index in [1.807, 2.05) is 17.0 Å². The Bertz CT molecular complexity index is 445. The molecule has 0 saturated carbocycles. The largest absolute Gasteiger partial charge is 0.466 e. The van der Waals surface area contributed by atoms with Crippen molar-refractivity contribution in [3.05, 3.63) is 41.7 Å². The number of carbonyl (C=O) groups is 1. The standard InChI is InChI=1S/C13H16N2O3/c1-18-13(17)11-6-12(16)9-15(8-11)7-10-2-4-14-5-3-10/h2-6,12,16H,7-9H2,1H3. The zero-order valence-electron chi connectivity index (χ0n) is 10.2. The van der Waals surface area contributed by atoms with E-state index in [0.29, 0.717) is 25.2 Å². The van der Waals surface area contributed by atoms with E-state index in [2.05, 4.69) is 9.72 Å². The highest BCUT2D eigenvalue weighted by molar-refractivity contribution is 5.89. The van der Waals surface area contributed by atoms with Gasteiger partial charge in [0.05, 0.1) is 13.2 Å². The fourth-order valence-corrected chi connectivity index (χ4v) is 2.04. The number of esters is 1. The van der Waals surface area contributed by atoms with Crippen molar-refractivity contribution >= 4 is 5.97 Å². The zero-order valence-corrected chi connectivity index (χ0v) is 10.2. The van der Waals surface area contributed by atoms with Crippen molar-refractivity contribution in [2.75, 3.05) is 20.2 Å². The number of methoxy groups -OCH3 is 1. The number of rotatable bonds is 3. The number of aromatic nitrogens is 1. The first-order valence-corrected chi connectivity index (χ1v) is 5.77. The van der Waals surface area contributed by atoms with Crippen molar-refractivity contribution in [3.8, 4) is 0 Å². The molecule has 1 atom stereocenters. The van der Waals surface area contributed by atoms with E-state index in [9.17, 15) is 9.90 Å². The number of aliphatic hydroxyl groups is 1. The number of nitrogens with zero attached hydrogens (tertiary/aromatic N) is 2. The van der Waals surface area contributed by atoms with Crippen molar-refractivity contribution < 1.29 is 14.6 Å². The van der Waals surface area contributed by atoms with Gasteiger partial charge in [0.2, 0.25) is 0 Å². The van der Waals surface area contributed by atoms with Gasteiger partial charge >= 0.3 is 5.97 Å². The van der Waals surface area contributed by atoms with Crippen LogP contribution < -0.4 is 0 Å². The fourth-order valence-electron chi connectivity index (χ4n) is 2.04. The molecular weight excluding hydrogens is 232 g/mol. The molecule has 0 bridgehead atoms. The predicted octanol–water partition coefficient (Wildman–Crippen LogP) is 0.357. The van der Waals surface area contributed by atoms with Crippen molar-refractivity contribution in [3.63, 3.8) is 0 Å². The smallest absolute Gasteiger partial charge is 0.334 e. The molecule has 0 fully saturated rings. The molecule has 0 saturated heterocycles. The van der Waals surface area contributed by atoms with Gasteiger partial charge in [-0.05, 0) is 23.8 Å². The molecule has 0 amide bonds. The van der Waals surface area contributed by atoms with Gasteiger partial charge in [-0.25, -0.2) is 4.79 Å². The summed E-state index contributed by atoms with van der Waals surface area (Å²) in [6, 6.07) is 3.84. The molecule has 0 radical (unpaired) electrons. The summed E-state index contributed by atoms with van der Waals surface area (Å²) in [7, 11) is 1.34. The lowest BCUT2D eigenvalue weighted by atomic mass is 10.1. The maximum atomic E-state index is 11.5. The Morgan fingerprint density at radius 3 is 2.94 bits per heavy atom. The van der Waals surface area contributed by atoms with Crippen molar-refractivity contribution in [2.45, 2.75) is 12.6 Å². The van der Waals surface area contributed by atoms with Crippen LogP contribution in [0.4, 0.5) is 0 Å². The number of hydrogen-bond donors (Lipinski definition) is 1. The van der Waals surface area contributed by atoms with Gasteiger partial charge in [0.25, 0.3) is 0 Å². The summed E-state index contributed by atoms with van der Waals surface area (Å²) in [6.45, 7) is 1.68. The summed E-state index contributed by atoms with van der Waals surface area (Å²) in [5.41, 5.74) is 1.61. The molecule has 1 unspecified atom stereocenters. The van der Waals surface area contributed by atoms with Crippen LogP contribution in [-0.2, 0) is 16.1 Å². The van der Waals surface area contributed by atoms with Crippen molar-refractivity contribution in [1.82, 2.24) is 9.88 Å². The topological polar surface area (TPSA) is 62.7 Å². The molecule has 0 spiro atoms. The van der Waals surface area contributed by atoms with Gasteiger partial charge in [-0.3, -0.25) is 9.88 Å². The van der Waals surface area contributed by atoms with Gasteiger partial charge in [-0.15, -0.1) is 0 Å². The normalized spacial score (nSPS) is 20.3. The molecule has 1 N–H and O–H groups in total. The Morgan fingerprint density at radius 1 is 1.56 bits per heavy atom. The molecule has 5 nitrogen and oxygen atoms in total. The van der Waals surface area contributed by atoms with Crippen LogP contribution in [0.3, 0.4) is 0 Å². The van der Waals surface area contributed by atoms with Gasteiger partial charge in [-0.2, -0.15) is 0 Å². The molecule has 1 aliphatic heterocycles. The van der Waals surface area contributed by atoms with E-state index in [1.54, 1.807) is 18.5 Å². The van der Waals surface area contributed by atoms with Crippen LogP contribution in [0, 0.1) is 0 Å². The first kappa shape index (κ1) is 12.7. The summed E-state index contributed by atoms with van der Waals surface area (Å²) in [5.74, 6) is -0.381.